The van der Waals surface area contributed by atoms with Gasteiger partial charge < -0.3 is 16.0 Å². The number of unbranched alkanes of at least 4 members (excludes halogenated alkanes) is 15. The molecule has 0 saturated heterocycles. The summed E-state index contributed by atoms with van der Waals surface area (Å²) in [6.45, 7) is 3.12. The van der Waals surface area contributed by atoms with E-state index in [2.05, 4.69) is 16.9 Å². The van der Waals surface area contributed by atoms with E-state index in [9.17, 15) is 5.11 Å². The molecule has 6 nitrogen and oxygen atoms in total. The van der Waals surface area contributed by atoms with Gasteiger partial charge in [-0.15, -0.1) is 0 Å². The van der Waals surface area contributed by atoms with E-state index in [-0.39, 0.29) is 49.2 Å². The largest absolute Gasteiger partial charge is 1.00 e. The van der Waals surface area contributed by atoms with E-state index in [0.717, 1.165) is 6.42 Å². The summed E-state index contributed by atoms with van der Waals surface area (Å²) in [7, 11) is 0. The van der Waals surface area contributed by atoms with E-state index >= 15 is 0 Å². The fourth-order valence-electron chi connectivity index (χ4n) is 3.70. The van der Waals surface area contributed by atoms with Crippen molar-refractivity contribution < 1.29 is 45.6 Å². The molecule has 1 aromatic rings. The molecule has 0 unspecified atom stereocenters. The van der Waals surface area contributed by atoms with Crippen LogP contribution in [-0.2, 0) is 4.74 Å². The Labute approximate surface area is 225 Å². The third-order valence-electron chi connectivity index (χ3n) is 5.68. The molecule has 0 spiro atoms. The van der Waals surface area contributed by atoms with Crippen molar-refractivity contribution in [2.75, 3.05) is 19.8 Å². The zero-order valence-electron chi connectivity index (χ0n) is 22.3. The van der Waals surface area contributed by atoms with Crippen LogP contribution in [-0.4, -0.2) is 41.0 Å². The Bertz CT molecular complexity index is 588. The molecule has 1 rings (SSSR count). The van der Waals surface area contributed by atoms with E-state index in [1.165, 1.54) is 109 Å². The fourth-order valence-corrected chi connectivity index (χ4v) is 3.70. The van der Waals surface area contributed by atoms with Crippen LogP contribution < -0.4 is 34.3 Å². The number of aliphatic hydroxyl groups is 1. The number of nitrogens with zero attached hydrogens (tertiary/aromatic N) is 3. The maximum atomic E-state index is 9.43. The van der Waals surface area contributed by atoms with Crippen LogP contribution in [0, 0.1) is 11.3 Å². The molecule has 1 N–H and O–H groups in total. The second-order valence-electron chi connectivity index (χ2n) is 8.65. The maximum Gasteiger partial charge on any atom is 1.00 e. The number of ether oxygens (including phenoxy) is 2. The molecule has 7 heteroatoms. The van der Waals surface area contributed by atoms with Crippen molar-refractivity contribution in [2.45, 2.75) is 116 Å². The van der Waals surface area contributed by atoms with Crippen molar-refractivity contribution in [3.8, 4) is 11.9 Å². The maximum absolute atomic E-state index is 9.43. The standard InChI is InChI=1S/C26H45N3O3.Na.H/c1-2-3-4-5-6-7-8-9-10-11-12-13-14-15-16-17-18-31-23-25(22-30)32-26-21-28-24(19-27)20-29-26;;/h20-21,25,30H,2-18,22-23H2,1H3;;/q;+1;-1/t25-;;/m0../s1. The van der Waals surface area contributed by atoms with Crippen LogP contribution >= 0.6 is 0 Å². The second kappa shape index (κ2) is 24.4. The van der Waals surface area contributed by atoms with Gasteiger partial charge in [0.05, 0.1) is 25.6 Å². The second-order valence-corrected chi connectivity index (χ2v) is 8.65. The monoisotopic (exact) mass is 471 g/mol. The quantitative estimate of drug-likeness (QED) is 0.206. The van der Waals surface area contributed by atoms with Crippen LogP contribution in [0.1, 0.15) is 117 Å². The van der Waals surface area contributed by atoms with Crippen LogP contribution in [0.5, 0.6) is 5.88 Å². The molecule has 0 aliphatic rings. The molecule has 1 heterocycles. The Morgan fingerprint density at radius 3 is 1.79 bits per heavy atom. The van der Waals surface area contributed by atoms with E-state index in [0.29, 0.717) is 13.2 Å². The topological polar surface area (TPSA) is 88.3 Å². The van der Waals surface area contributed by atoms with Crippen LogP contribution in [0.15, 0.2) is 12.4 Å². The first-order valence-corrected chi connectivity index (χ1v) is 12.9. The van der Waals surface area contributed by atoms with Crippen molar-refractivity contribution in [1.29, 1.82) is 5.26 Å². The smallest absolute Gasteiger partial charge is 1.00 e. The van der Waals surface area contributed by atoms with Gasteiger partial charge in [-0.1, -0.05) is 103 Å². The molecule has 0 saturated carbocycles. The van der Waals surface area contributed by atoms with Crippen LogP contribution in [0.2, 0.25) is 0 Å². The minimum Gasteiger partial charge on any atom is -1.00 e. The molecule has 1 aromatic heterocycles. The number of aliphatic hydroxyl groups excluding tert-OH is 1. The van der Waals surface area contributed by atoms with Crippen molar-refractivity contribution in [3.05, 3.63) is 18.1 Å². The molecular formula is C26H46N3NaO3. The van der Waals surface area contributed by atoms with E-state index < -0.39 is 6.10 Å². The Balaban J connectivity index is 0. The molecule has 0 amide bonds. The van der Waals surface area contributed by atoms with Gasteiger partial charge in [0.25, 0.3) is 0 Å². The Morgan fingerprint density at radius 2 is 1.36 bits per heavy atom. The number of hydrogen-bond donors (Lipinski definition) is 1. The number of aromatic nitrogens is 2. The Morgan fingerprint density at radius 1 is 0.848 bits per heavy atom. The molecule has 0 aromatic carbocycles. The third kappa shape index (κ3) is 19.3. The van der Waals surface area contributed by atoms with Crippen molar-refractivity contribution in [2.24, 2.45) is 0 Å². The van der Waals surface area contributed by atoms with Gasteiger partial charge in [0.1, 0.15) is 12.2 Å². The summed E-state index contributed by atoms with van der Waals surface area (Å²) in [5, 5.41) is 18.2. The van der Waals surface area contributed by atoms with Crippen molar-refractivity contribution in [1.82, 2.24) is 9.97 Å². The molecule has 0 aliphatic heterocycles. The van der Waals surface area contributed by atoms with Gasteiger partial charge in [0.15, 0.2) is 5.69 Å². The summed E-state index contributed by atoms with van der Waals surface area (Å²) < 4.78 is 11.2. The summed E-state index contributed by atoms with van der Waals surface area (Å²) in [4.78, 5) is 7.89. The molecule has 1 atom stereocenters. The van der Waals surface area contributed by atoms with Crippen molar-refractivity contribution in [3.63, 3.8) is 0 Å². The molecular weight excluding hydrogens is 425 g/mol. The minimum atomic E-state index is -0.474. The Kier molecular flexibility index (Phi) is 23.9. The van der Waals surface area contributed by atoms with Crippen LogP contribution in [0.4, 0.5) is 0 Å². The SMILES string of the molecule is CCCCCCCCCCCCCCCCCCOC[C@H](CO)Oc1cnc(C#N)cn1.[H-].[Na+]. The number of hydrogen-bond acceptors (Lipinski definition) is 6. The van der Waals surface area contributed by atoms with Crippen molar-refractivity contribution >= 4 is 0 Å². The summed E-state index contributed by atoms with van der Waals surface area (Å²) in [5.74, 6) is 0.286. The molecule has 33 heavy (non-hydrogen) atoms. The molecule has 0 radical (unpaired) electrons. The Hall–Kier alpha value is -0.710. The first-order valence-electron chi connectivity index (χ1n) is 12.9. The minimum absolute atomic E-state index is 0. The predicted molar refractivity (Wildman–Crippen MR) is 130 cm³/mol. The van der Waals surface area contributed by atoms with Crippen LogP contribution in [0.25, 0.3) is 0 Å². The first-order chi connectivity index (χ1) is 15.8. The predicted octanol–water partition coefficient (Wildman–Crippen LogP) is 3.48. The van der Waals surface area contributed by atoms with E-state index in [4.69, 9.17) is 14.7 Å². The van der Waals surface area contributed by atoms with Gasteiger partial charge in [-0.3, -0.25) is 0 Å². The average Bonchev–Trinajstić information content (AvgIpc) is 2.83. The summed E-state index contributed by atoms with van der Waals surface area (Å²) in [5.41, 5.74) is 0.234. The molecule has 0 aliphatic carbocycles. The molecule has 0 bridgehead atoms. The number of nitriles is 1. The average molecular weight is 472 g/mol. The van der Waals surface area contributed by atoms with Gasteiger partial charge in [0.2, 0.25) is 5.88 Å². The summed E-state index contributed by atoms with van der Waals surface area (Å²) >= 11 is 0. The zero-order chi connectivity index (χ0) is 23.1. The summed E-state index contributed by atoms with van der Waals surface area (Å²) in [6, 6.07) is 1.91. The van der Waals surface area contributed by atoms with Gasteiger partial charge in [-0.05, 0) is 6.42 Å². The molecule has 184 valence electrons. The normalized spacial score (nSPS) is 11.5. The van der Waals surface area contributed by atoms with Gasteiger partial charge in [-0.2, -0.15) is 5.26 Å². The van der Waals surface area contributed by atoms with Crippen LogP contribution in [0.3, 0.4) is 0 Å². The fraction of sp³-hybridized carbons (Fsp3) is 0.808. The van der Waals surface area contributed by atoms with Gasteiger partial charge in [-0.25, -0.2) is 9.97 Å². The summed E-state index contributed by atoms with van der Waals surface area (Å²) in [6.07, 6.45) is 23.9. The molecule has 0 fully saturated rings. The van der Waals surface area contributed by atoms with Gasteiger partial charge >= 0.3 is 29.6 Å². The first kappa shape index (κ1) is 32.3. The van der Waals surface area contributed by atoms with E-state index in [1.807, 2.05) is 6.07 Å². The zero-order valence-corrected chi connectivity index (χ0v) is 23.3. The van der Waals surface area contributed by atoms with Gasteiger partial charge in [0, 0.05) is 6.61 Å². The third-order valence-corrected chi connectivity index (χ3v) is 5.68. The van der Waals surface area contributed by atoms with E-state index in [1.54, 1.807) is 0 Å². The number of rotatable bonds is 22.